The van der Waals surface area contributed by atoms with E-state index in [0.717, 1.165) is 42.5 Å². The fraction of sp³-hybridized carbons (Fsp3) is 0.360. The van der Waals surface area contributed by atoms with Crippen molar-refractivity contribution < 1.29 is 23.5 Å². The largest absolute Gasteiger partial charge is 0.443 e. The summed E-state index contributed by atoms with van der Waals surface area (Å²) in [5.41, 5.74) is -1.06. The van der Waals surface area contributed by atoms with E-state index >= 15 is 0 Å². The SMILES string of the molecule is CN(O)C(=O)N1N=C(c2cc(F)ccc2F)OC1(CCCNC1C=CCCC1)c1ccccc1. The van der Waals surface area contributed by atoms with Crippen molar-refractivity contribution in [1.82, 2.24) is 15.4 Å². The molecule has 0 radical (unpaired) electrons. The first kappa shape index (κ1) is 23.8. The van der Waals surface area contributed by atoms with Crippen LogP contribution in [0.3, 0.4) is 0 Å². The molecule has 0 saturated carbocycles. The maximum atomic E-state index is 14.6. The van der Waals surface area contributed by atoms with E-state index in [1.807, 2.05) is 6.07 Å². The molecule has 1 aliphatic heterocycles. The molecule has 0 bridgehead atoms. The summed E-state index contributed by atoms with van der Waals surface area (Å²) in [6, 6.07) is 11.3. The number of nitrogens with one attached hydrogen (secondary N) is 1. The van der Waals surface area contributed by atoms with Gasteiger partial charge in [0.1, 0.15) is 11.6 Å². The Labute approximate surface area is 197 Å². The van der Waals surface area contributed by atoms with Crippen molar-refractivity contribution >= 4 is 11.9 Å². The Hall–Kier alpha value is -3.30. The molecule has 34 heavy (non-hydrogen) atoms. The molecular formula is C25H28F2N4O3. The number of allylic oxidation sites excluding steroid dienone is 1. The molecule has 2 atom stereocenters. The standard InChI is InChI=1S/C25H28F2N4O3/c1-30(33)24(32)31-25(18-9-4-2-5-10-18,15-8-16-28-20-11-6-3-7-12-20)34-23(29-31)21-17-19(26)13-14-22(21)27/h2,4-6,9-11,13-14,17,20,28,33H,3,7-8,12,15-16H2,1H3. The van der Waals surface area contributed by atoms with Gasteiger partial charge in [0, 0.05) is 25.1 Å². The maximum Gasteiger partial charge on any atom is 0.367 e. The summed E-state index contributed by atoms with van der Waals surface area (Å²) in [5.74, 6) is -1.64. The molecule has 1 aliphatic carbocycles. The van der Waals surface area contributed by atoms with Crippen molar-refractivity contribution in [3.05, 3.63) is 83.4 Å². The van der Waals surface area contributed by atoms with E-state index in [-0.39, 0.29) is 11.5 Å². The minimum absolute atomic E-state index is 0.207. The molecule has 2 aromatic carbocycles. The summed E-state index contributed by atoms with van der Waals surface area (Å²) >= 11 is 0. The summed E-state index contributed by atoms with van der Waals surface area (Å²) in [5, 5.41) is 19.0. The van der Waals surface area contributed by atoms with Crippen LogP contribution in [-0.4, -0.2) is 46.8 Å². The number of hydrazone groups is 1. The first-order valence-corrected chi connectivity index (χ1v) is 11.4. The summed E-state index contributed by atoms with van der Waals surface area (Å²) in [7, 11) is 1.17. The smallest absolute Gasteiger partial charge is 0.367 e. The van der Waals surface area contributed by atoms with Gasteiger partial charge in [-0.15, -0.1) is 5.10 Å². The molecule has 1 heterocycles. The van der Waals surface area contributed by atoms with Gasteiger partial charge in [-0.3, -0.25) is 5.21 Å². The third-order valence-corrected chi connectivity index (χ3v) is 5.99. The molecule has 180 valence electrons. The van der Waals surface area contributed by atoms with Gasteiger partial charge in [-0.1, -0.05) is 42.5 Å². The molecule has 4 rings (SSSR count). The van der Waals surface area contributed by atoms with E-state index in [4.69, 9.17) is 4.74 Å². The third-order valence-electron chi connectivity index (χ3n) is 5.99. The Bertz CT molecular complexity index is 1080. The fourth-order valence-electron chi connectivity index (χ4n) is 4.28. The highest BCUT2D eigenvalue weighted by atomic mass is 19.1. The average Bonchev–Trinajstić information content (AvgIpc) is 3.24. The van der Waals surface area contributed by atoms with Crippen molar-refractivity contribution in [2.24, 2.45) is 5.10 Å². The minimum atomic E-state index is -1.45. The van der Waals surface area contributed by atoms with E-state index in [0.29, 0.717) is 36.1 Å². The van der Waals surface area contributed by atoms with Crippen LogP contribution in [-0.2, 0) is 10.5 Å². The topological polar surface area (TPSA) is 77.4 Å². The molecule has 2 unspecified atom stereocenters. The molecule has 0 spiro atoms. The molecule has 2 aliphatic rings. The first-order chi connectivity index (χ1) is 16.4. The van der Waals surface area contributed by atoms with Crippen molar-refractivity contribution in [3.63, 3.8) is 0 Å². The van der Waals surface area contributed by atoms with E-state index in [9.17, 15) is 18.8 Å². The molecular weight excluding hydrogens is 442 g/mol. The lowest BCUT2D eigenvalue weighted by Crippen LogP contribution is -2.49. The number of amides is 2. The Morgan fingerprint density at radius 3 is 2.79 bits per heavy atom. The van der Waals surface area contributed by atoms with Crippen LogP contribution < -0.4 is 5.32 Å². The predicted molar refractivity (Wildman–Crippen MR) is 123 cm³/mol. The average molecular weight is 471 g/mol. The van der Waals surface area contributed by atoms with Gasteiger partial charge >= 0.3 is 6.03 Å². The van der Waals surface area contributed by atoms with Gasteiger partial charge in [0.25, 0.3) is 0 Å². The number of nitrogens with zero attached hydrogens (tertiary/aromatic N) is 3. The van der Waals surface area contributed by atoms with Crippen LogP contribution in [0.4, 0.5) is 13.6 Å². The fourth-order valence-corrected chi connectivity index (χ4v) is 4.28. The Balaban J connectivity index is 1.66. The number of hydroxylamine groups is 2. The van der Waals surface area contributed by atoms with Gasteiger partial charge in [-0.05, 0) is 50.4 Å². The van der Waals surface area contributed by atoms with E-state index in [2.05, 4.69) is 22.6 Å². The van der Waals surface area contributed by atoms with E-state index in [1.54, 1.807) is 24.3 Å². The summed E-state index contributed by atoms with van der Waals surface area (Å²) in [6.07, 6.45) is 8.49. The molecule has 7 nitrogen and oxygen atoms in total. The van der Waals surface area contributed by atoms with Crippen LogP contribution >= 0.6 is 0 Å². The van der Waals surface area contributed by atoms with Crippen molar-refractivity contribution in [3.8, 4) is 0 Å². The van der Waals surface area contributed by atoms with Crippen LogP contribution in [0.5, 0.6) is 0 Å². The van der Waals surface area contributed by atoms with Gasteiger partial charge in [0.15, 0.2) is 0 Å². The van der Waals surface area contributed by atoms with Crippen molar-refractivity contribution in [2.45, 2.75) is 43.9 Å². The number of hydrogen-bond donors (Lipinski definition) is 2. The van der Waals surface area contributed by atoms with Crippen LogP contribution in [0.1, 0.15) is 43.2 Å². The zero-order valence-corrected chi connectivity index (χ0v) is 19.0. The highest BCUT2D eigenvalue weighted by Crippen LogP contribution is 2.41. The second kappa shape index (κ2) is 10.3. The molecule has 9 heteroatoms. The normalized spacial score (nSPS) is 21.8. The lowest BCUT2D eigenvalue weighted by molar-refractivity contribution is -0.0946. The predicted octanol–water partition coefficient (Wildman–Crippen LogP) is 4.73. The molecule has 0 aromatic heterocycles. The van der Waals surface area contributed by atoms with Crippen molar-refractivity contribution in [2.75, 3.05) is 13.6 Å². The van der Waals surface area contributed by atoms with Crippen LogP contribution in [0.15, 0.2) is 65.8 Å². The van der Waals surface area contributed by atoms with Crippen molar-refractivity contribution in [1.29, 1.82) is 0 Å². The zero-order chi connectivity index (χ0) is 24.1. The van der Waals surface area contributed by atoms with Gasteiger partial charge in [0.05, 0.1) is 5.56 Å². The number of benzene rings is 2. The quantitative estimate of drug-likeness (QED) is 0.265. The van der Waals surface area contributed by atoms with Gasteiger partial charge in [-0.25, -0.2) is 18.6 Å². The molecule has 0 fully saturated rings. The lowest BCUT2D eigenvalue weighted by Gasteiger charge is -2.36. The second-order valence-electron chi connectivity index (χ2n) is 8.42. The minimum Gasteiger partial charge on any atom is -0.443 e. The first-order valence-electron chi connectivity index (χ1n) is 11.4. The number of ether oxygens (including phenoxy) is 1. The third kappa shape index (κ3) is 4.95. The number of hydrogen-bond acceptors (Lipinski definition) is 5. The monoisotopic (exact) mass is 470 g/mol. The number of carbonyl (C=O) groups is 1. The van der Waals surface area contributed by atoms with Crippen LogP contribution in [0.25, 0.3) is 0 Å². The van der Waals surface area contributed by atoms with Gasteiger partial charge in [-0.2, -0.15) is 5.01 Å². The van der Waals surface area contributed by atoms with E-state index < -0.39 is 23.4 Å². The Morgan fingerprint density at radius 1 is 1.29 bits per heavy atom. The summed E-state index contributed by atoms with van der Waals surface area (Å²) in [6.45, 7) is 0.646. The molecule has 2 aromatic rings. The molecule has 2 N–H and O–H groups in total. The number of urea groups is 1. The maximum absolute atomic E-state index is 14.6. The molecule has 0 saturated heterocycles. The second-order valence-corrected chi connectivity index (χ2v) is 8.42. The Kier molecular flexibility index (Phi) is 7.23. The zero-order valence-electron chi connectivity index (χ0n) is 19.0. The van der Waals surface area contributed by atoms with Gasteiger partial charge < -0.3 is 10.1 Å². The summed E-state index contributed by atoms with van der Waals surface area (Å²) in [4.78, 5) is 13.0. The number of rotatable bonds is 7. The van der Waals surface area contributed by atoms with Gasteiger partial charge in [0.2, 0.25) is 11.6 Å². The highest BCUT2D eigenvalue weighted by molar-refractivity contribution is 5.97. The summed E-state index contributed by atoms with van der Waals surface area (Å²) < 4.78 is 34.7. The van der Waals surface area contributed by atoms with E-state index in [1.165, 1.54) is 7.05 Å². The van der Waals surface area contributed by atoms with Crippen LogP contribution in [0.2, 0.25) is 0 Å². The number of carbonyl (C=O) groups excluding carboxylic acids is 1. The highest BCUT2D eigenvalue weighted by Gasteiger charge is 2.50. The van der Waals surface area contributed by atoms with Crippen LogP contribution in [0, 0.1) is 11.6 Å². The Morgan fingerprint density at radius 2 is 2.09 bits per heavy atom. The number of halogens is 2. The molecule has 2 amide bonds. The lowest BCUT2D eigenvalue weighted by atomic mass is 9.96.